The van der Waals surface area contributed by atoms with Crippen molar-refractivity contribution in [2.24, 2.45) is 0 Å². The lowest BCUT2D eigenvalue weighted by atomic mass is 10.0. The first kappa shape index (κ1) is 14.9. The second kappa shape index (κ2) is 6.72. The topological polar surface area (TPSA) is 66.8 Å². The molecule has 4 nitrogen and oxygen atoms in total. The highest BCUT2D eigenvalue weighted by molar-refractivity contribution is 8.13. The van der Waals surface area contributed by atoms with Crippen molar-refractivity contribution in [3.63, 3.8) is 0 Å². The Labute approximate surface area is 109 Å². The molecule has 0 aromatic heterocycles. The van der Waals surface area contributed by atoms with Crippen LogP contribution >= 0.6 is 11.8 Å². The zero-order chi connectivity index (χ0) is 13.7. The Bertz CT molecular complexity index is 425. The largest absolute Gasteiger partial charge is 0.494 e. The van der Waals surface area contributed by atoms with Gasteiger partial charge in [-0.2, -0.15) is 0 Å². The van der Waals surface area contributed by atoms with Crippen LogP contribution in [0, 0.1) is 5.82 Å². The number of rotatable bonds is 5. The maximum absolute atomic E-state index is 13.8. The minimum Gasteiger partial charge on any atom is -0.494 e. The van der Waals surface area contributed by atoms with Crippen molar-refractivity contribution in [2.75, 3.05) is 12.9 Å². The van der Waals surface area contributed by atoms with Crippen molar-refractivity contribution in [3.05, 3.63) is 29.6 Å². The molecule has 2 N–H and O–H groups in total. The molecule has 0 heterocycles. The lowest BCUT2D eigenvalue weighted by Gasteiger charge is -2.18. The van der Waals surface area contributed by atoms with E-state index in [2.05, 4.69) is 0 Å². The molecular formula is C12H15FO4S. The second-order valence-corrected chi connectivity index (χ2v) is 4.88. The van der Waals surface area contributed by atoms with Crippen molar-refractivity contribution in [1.82, 2.24) is 0 Å². The number of halogens is 1. The third kappa shape index (κ3) is 3.69. The number of hydrogen-bond donors (Lipinski definition) is 2. The van der Waals surface area contributed by atoms with Crippen LogP contribution in [-0.4, -0.2) is 34.3 Å². The van der Waals surface area contributed by atoms with Crippen LogP contribution in [-0.2, 0) is 4.79 Å². The van der Waals surface area contributed by atoms with Crippen LogP contribution in [0.2, 0.25) is 0 Å². The van der Waals surface area contributed by atoms with Gasteiger partial charge in [0.2, 0.25) is 0 Å². The Kier molecular flexibility index (Phi) is 5.58. The SMILES string of the molecule is COc1cccc(C(O)C(O)CSC(C)=O)c1F. The zero-order valence-electron chi connectivity index (χ0n) is 10.1. The summed E-state index contributed by atoms with van der Waals surface area (Å²) in [5.74, 6) is -0.704. The van der Waals surface area contributed by atoms with Gasteiger partial charge in [0.05, 0.1) is 13.2 Å². The molecule has 0 aliphatic heterocycles. The molecule has 0 radical (unpaired) electrons. The Morgan fingerprint density at radius 1 is 1.50 bits per heavy atom. The van der Waals surface area contributed by atoms with Crippen LogP contribution in [0.3, 0.4) is 0 Å². The molecule has 6 heteroatoms. The van der Waals surface area contributed by atoms with Gasteiger partial charge in [0.1, 0.15) is 6.10 Å². The second-order valence-electron chi connectivity index (χ2n) is 3.68. The fourth-order valence-corrected chi connectivity index (χ4v) is 2.00. The van der Waals surface area contributed by atoms with E-state index < -0.39 is 18.0 Å². The van der Waals surface area contributed by atoms with Crippen molar-refractivity contribution in [1.29, 1.82) is 0 Å². The highest BCUT2D eigenvalue weighted by atomic mass is 32.2. The van der Waals surface area contributed by atoms with Gasteiger partial charge in [0, 0.05) is 18.2 Å². The van der Waals surface area contributed by atoms with Gasteiger partial charge in [-0.15, -0.1) is 0 Å². The Morgan fingerprint density at radius 3 is 2.72 bits per heavy atom. The van der Waals surface area contributed by atoms with Crippen molar-refractivity contribution in [2.45, 2.75) is 19.1 Å². The van der Waals surface area contributed by atoms with Crippen molar-refractivity contribution in [3.8, 4) is 5.75 Å². The normalized spacial score (nSPS) is 14.1. The van der Waals surface area contributed by atoms with E-state index in [1.54, 1.807) is 0 Å². The number of carbonyl (C=O) groups excluding carboxylic acids is 1. The summed E-state index contributed by atoms with van der Waals surface area (Å²) < 4.78 is 18.6. The summed E-state index contributed by atoms with van der Waals surface area (Å²) in [6.07, 6.45) is -2.62. The molecule has 0 fully saturated rings. The minimum absolute atomic E-state index is 0.00188. The van der Waals surface area contributed by atoms with Crippen LogP contribution in [0.15, 0.2) is 18.2 Å². The lowest BCUT2D eigenvalue weighted by Crippen LogP contribution is -2.22. The van der Waals surface area contributed by atoms with E-state index in [0.29, 0.717) is 0 Å². The number of hydrogen-bond acceptors (Lipinski definition) is 5. The van der Waals surface area contributed by atoms with Gasteiger partial charge >= 0.3 is 0 Å². The first-order chi connectivity index (χ1) is 8.47. The summed E-state index contributed by atoms with van der Waals surface area (Å²) >= 11 is 0.876. The highest BCUT2D eigenvalue weighted by Gasteiger charge is 2.23. The smallest absolute Gasteiger partial charge is 0.185 e. The van der Waals surface area contributed by atoms with E-state index in [1.165, 1.54) is 32.2 Å². The number of aliphatic hydroxyl groups excluding tert-OH is 2. The average Bonchev–Trinajstić information content (AvgIpc) is 2.35. The first-order valence-electron chi connectivity index (χ1n) is 5.29. The summed E-state index contributed by atoms with van der Waals surface area (Å²) in [6, 6.07) is 4.30. The van der Waals surface area contributed by atoms with E-state index in [1.807, 2.05) is 0 Å². The predicted octanol–water partition coefficient (Wildman–Crippen LogP) is 1.51. The predicted molar refractivity (Wildman–Crippen MR) is 67.1 cm³/mol. The van der Waals surface area contributed by atoms with Gasteiger partial charge in [-0.25, -0.2) is 4.39 Å². The molecule has 0 aliphatic rings. The molecule has 18 heavy (non-hydrogen) atoms. The summed E-state index contributed by atoms with van der Waals surface area (Å²) in [5.41, 5.74) is -0.0500. The fraction of sp³-hybridized carbons (Fsp3) is 0.417. The molecule has 1 aromatic rings. The molecule has 2 atom stereocenters. The molecule has 0 saturated heterocycles. The molecule has 2 unspecified atom stereocenters. The number of carbonyl (C=O) groups is 1. The Hall–Kier alpha value is -1.11. The van der Waals surface area contributed by atoms with Gasteiger partial charge < -0.3 is 14.9 Å². The van der Waals surface area contributed by atoms with Crippen LogP contribution in [0.5, 0.6) is 5.75 Å². The summed E-state index contributed by atoms with van der Waals surface area (Å²) in [6.45, 7) is 1.36. The Morgan fingerprint density at radius 2 is 2.17 bits per heavy atom. The van der Waals surface area contributed by atoms with Gasteiger partial charge in [0.25, 0.3) is 0 Å². The van der Waals surface area contributed by atoms with E-state index >= 15 is 0 Å². The third-order valence-electron chi connectivity index (χ3n) is 2.35. The number of thioether (sulfide) groups is 1. The molecule has 0 saturated carbocycles. The molecule has 0 bridgehead atoms. The monoisotopic (exact) mass is 274 g/mol. The third-order valence-corrected chi connectivity index (χ3v) is 3.27. The lowest BCUT2D eigenvalue weighted by molar-refractivity contribution is -0.109. The van der Waals surface area contributed by atoms with E-state index in [4.69, 9.17) is 4.74 Å². The van der Waals surface area contributed by atoms with E-state index in [9.17, 15) is 19.4 Å². The van der Waals surface area contributed by atoms with E-state index in [0.717, 1.165) is 11.8 Å². The molecule has 100 valence electrons. The number of aliphatic hydroxyl groups is 2. The van der Waals surface area contributed by atoms with Gasteiger partial charge in [-0.05, 0) is 6.07 Å². The molecule has 0 spiro atoms. The summed E-state index contributed by atoms with van der Waals surface area (Å²) in [5, 5.41) is 19.3. The minimum atomic E-state index is -1.40. The molecule has 0 amide bonds. The molecular weight excluding hydrogens is 259 g/mol. The molecule has 1 aromatic carbocycles. The van der Waals surface area contributed by atoms with Crippen LogP contribution in [0.25, 0.3) is 0 Å². The maximum Gasteiger partial charge on any atom is 0.185 e. The maximum atomic E-state index is 13.8. The van der Waals surface area contributed by atoms with Gasteiger partial charge in [0.15, 0.2) is 16.7 Å². The Balaban J connectivity index is 2.83. The average molecular weight is 274 g/mol. The van der Waals surface area contributed by atoms with Crippen LogP contribution in [0.4, 0.5) is 4.39 Å². The van der Waals surface area contributed by atoms with Crippen LogP contribution < -0.4 is 4.74 Å². The number of methoxy groups -OCH3 is 1. The standard InChI is InChI=1S/C12H15FO4S/c1-7(14)18-6-9(15)12(16)8-4-3-5-10(17-2)11(8)13/h3-5,9,12,15-16H,6H2,1-2H3. The fourth-order valence-electron chi connectivity index (χ4n) is 1.41. The number of ether oxygens (including phenoxy) is 1. The van der Waals surface area contributed by atoms with Gasteiger partial charge in [-0.1, -0.05) is 23.9 Å². The van der Waals surface area contributed by atoms with Crippen molar-refractivity contribution < 1.29 is 24.1 Å². The first-order valence-corrected chi connectivity index (χ1v) is 6.27. The van der Waals surface area contributed by atoms with E-state index in [-0.39, 0.29) is 22.2 Å². The summed E-state index contributed by atoms with van der Waals surface area (Å²) in [7, 11) is 1.32. The summed E-state index contributed by atoms with van der Waals surface area (Å²) in [4.78, 5) is 10.8. The quantitative estimate of drug-likeness (QED) is 0.852. The van der Waals surface area contributed by atoms with Gasteiger partial charge in [-0.3, -0.25) is 4.79 Å². The molecule has 0 aliphatic carbocycles. The zero-order valence-corrected chi connectivity index (χ0v) is 10.9. The highest BCUT2D eigenvalue weighted by Crippen LogP contribution is 2.27. The number of benzene rings is 1. The molecule has 1 rings (SSSR count). The van der Waals surface area contributed by atoms with Crippen molar-refractivity contribution >= 4 is 16.9 Å². The van der Waals surface area contributed by atoms with Crippen LogP contribution in [0.1, 0.15) is 18.6 Å².